The van der Waals surface area contributed by atoms with Gasteiger partial charge < -0.3 is 5.73 Å². The van der Waals surface area contributed by atoms with Crippen LogP contribution in [0.15, 0.2) is 0 Å². The van der Waals surface area contributed by atoms with Gasteiger partial charge in [0.15, 0.2) is 0 Å². The van der Waals surface area contributed by atoms with E-state index in [1.165, 1.54) is 38.5 Å². The van der Waals surface area contributed by atoms with Crippen LogP contribution < -0.4 is 5.73 Å². The lowest BCUT2D eigenvalue weighted by Crippen LogP contribution is -2.59. The van der Waals surface area contributed by atoms with Gasteiger partial charge in [-0.2, -0.15) is 0 Å². The lowest BCUT2D eigenvalue weighted by atomic mass is 9.78. The molecule has 0 aromatic rings. The van der Waals surface area contributed by atoms with Gasteiger partial charge in [-0.25, -0.2) is 0 Å². The fourth-order valence-corrected chi connectivity index (χ4v) is 3.57. The Balaban J connectivity index is 2.04. The van der Waals surface area contributed by atoms with Crippen LogP contribution in [0.3, 0.4) is 0 Å². The summed E-state index contributed by atoms with van der Waals surface area (Å²) in [5, 5.41) is 0. The fourth-order valence-electron chi connectivity index (χ4n) is 3.57. The number of nitrogens with zero attached hydrogens (tertiary/aromatic N) is 1. The monoisotopic (exact) mass is 238 g/mol. The molecule has 0 spiro atoms. The van der Waals surface area contributed by atoms with Crippen molar-refractivity contribution in [3.63, 3.8) is 0 Å². The van der Waals surface area contributed by atoms with Gasteiger partial charge in [0.1, 0.15) is 0 Å². The Morgan fingerprint density at radius 1 is 1.24 bits per heavy atom. The first-order valence-corrected chi connectivity index (χ1v) is 7.36. The van der Waals surface area contributed by atoms with Crippen molar-refractivity contribution in [3.8, 4) is 0 Å². The highest BCUT2D eigenvalue weighted by atomic mass is 15.2. The first kappa shape index (κ1) is 13.4. The quantitative estimate of drug-likeness (QED) is 0.816. The van der Waals surface area contributed by atoms with Crippen molar-refractivity contribution in [3.05, 3.63) is 0 Å². The Hall–Kier alpha value is -0.0800. The molecule has 2 heteroatoms. The van der Waals surface area contributed by atoms with Crippen LogP contribution in [0.4, 0.5) is 0 Å². The van der Waals surface area contributed by atoms with Gasteiger partial charge in [-0.05, 0) is 63.8 Å². The molecule has 17 heavy (non-hydrogen) atoms. The lowest BCUT2D eigenvalue weighted by Gasteiger charge is -2.49. The van der Waals surface area contributed by atoms with E-state index in [1.54, 1.807) is 0 Å². The summed E-state index contributed by atoms with van der Waals surface area (Å²) in [5.74, 6) is 0.931. The summed E-state index contributed by atoms with van der Waals surface area (Å²) in [5.41, 5.74) is 6.80. The maximum absolute atomic E-state index is 6.13. The van der Waals surface area contributed by atoms with Gasteiger partial charge >= 0.3 is 0 Å². The second-order valence-corrected chi connectivity index (χ2v) is 7.06. The number of hydrogen-bond donors (Lipinski definition) is 1. The van der Waals surface area contributed by atoms with Gasteiger partial charge in [-0.15, -0.1) is 0 Å². The molecule has 1 atom stereocenters. The minimum atomic E-state index is 0.207. The molecule has 0 aromatic carbocycles. The number of nitrogens with two attached hydrogens (primary N) is 1. The van der Waals surface area contributed by atoms with Crippen LogP contribution in [-0.4, -0.2) is 30.1 Å². The molecule has 100 valence electrons. The highest BCUT2D eigenvalue weighted by molar-refractivity contribution is 5.10. The molecule has 2 saturated carbocycles. The van der Waals surface area contributed by atoms with E-state index in [9.17, 15) is 0 Å². The van der Waals surface area contributed by atoms with E-state index in [0.29, 0.717) is 5.41 Å². The van der Waals surface area contributed by atoms with Crippen LogP contribution in [-0.2, 0) is 0 Å². The molecule has 0 heterocycles. The summed E-state index contributed by atoms with van der Waals surface area (Å²) in [6.07, 6.45) is 8.23. The molecule has 0 saturated heterocycles. The van der Waals surface area contributed by atoms with E-state index in [0.717, 1.165) is 18.5 Å². The minimum absolute atomic E-state index is 0.207. The van der Waals surface area contributed by atoms with Gasteiger partial charge in [0.25, 0.3) is 0 Å². The Morgan fingerprint density at radius 2 is 1.76 bits per heavy atom. The van der Waals surface area contributed by atoms with Crippen molar-refractivity contribution in [2.75, 3.05) is 13.6 Å². The van der Waals surface area contributed by atoms with Crippen LogP contribution in [0.1, 0.15) is 59.3 Å². The van der Waals surface area contributed by atoms with E-state index >= 15 is 0 Å². The topological polar surface area (TPSA) is 29.3 Å². The molecule has 2 rings (SSSR count). The van der Waals surface area contributed by atoms with Crippen molar-refractivity contribution in [1.29, 1.82) is 0 Å². The maximum Gasteiger partial charge on any atom is 0.0356 e. The average molecular weight is 238 g/mol. The molecule has 0 bridgehead atoms. The summed E-state index contributed by atoms with van der Waals surface area (Å²) in [6.45, 7) is 7.99. The Morgan fingerprint density at radius 3 is 2.18 bits per heavy atom. The second kappa shape index (κ2) is 4.55. The zero-order valence-corrected chi connectivity index (χ0v) is 12.1. The van der Waals surface area contributed by atoms with E-state index in [4.69, 9.17) is 5.73 Å². The predicted octanol–water partition coefficient (Wildman–Crippen LogP) is 3.01. The zero-order chi connectivity index (χ0) is 12.7. The van der Waals surface area contributed by atoms with Crippen molar-refractivity contribution in [2.24, 2.45) is 17.1 Å². The third-order valence-corrected chi connectivity index (χ3v) is 6.01. The van der Waals surface area contributed by atoms with Crippen molar-refractivity contribution in [2.45, 2.75) is 70.9 Å². The van der Waals surface area contributed by atoms with Gasteiger partial charge in [0.05, 0.1) is 0 Å². The van der Waals surface area contributed by atoms with Crippen molar-refractivity contribution in [1.82, 2.24) is 4.90 Å². The Kier molecular flexibility index (Phi) is 3.57. The summed E-state index contributed by atoms with van der Waals surface area (Å²) < 4.78 is 0. The third-order valence-electron chi connectivity index (χ3n) is 6.01. The molecule has 0 aromatic heterocycles. The Bertz CT molecular complexity index is 264. The van der Waals surface area contributed by atoms with Gasteiger partial charge in [0, 0.05) is 18.1 Å². The molecule has 2 N–H and O–H groups in total. The van der Waals surface area contributed by atoms with Crippen LogP contribution in [0.2, 0.25) is 0 Å². The SMILES string of the molecule is CC1CCC(N(C)C(C)(CN)C2(C)CC2)CC1. The number of hydrogen-bond acceptors (Lipinski definition) is 2. The molecule has 0 aliphatic heterocycles. The lowest BCUT2D eigenvalue weighted by molar-refractivity contribution is 0.0153. The molecular weight excluding hydrogens is 208 g/mol. The fraction of sp³-hybridized carbons (Fsp3) is 1.00. The van der Waals surface area contributed by atoms with Gasteiger partial charge in [-0.3, -0.25) is 4.90 Å². The summed E-state index contributed by atoms with van der Waals surface area (Å²) >= 11 is 0. The van der Waals surface area contributed by atoms with Crippen LogP contribution in [0, 0.1) is 11.3 Å². The van der Waals surface area contributed by atoms with E-state index in [-0.39, 0.29) is 5.54 Å². The highest BCUT2D eigenvalue weighted by Gasteiger charge is 2.55. The highest BCUT2D eigenvalue weighted by Crippen LogP contribution is 2.56. The normalized spacial score (nSPS) is 35.6. The summed E-state index contributed by atoms with van der Waals surface area (Å²) in [6, 6.07) is 0.761. The van der Waals surface area contributed by atoms with Crippen molar-refractivity contribution >= 4 is 0 Å². The molecule has 0 radical (unpaired) electrons. The molecule has 0 amide bonds. The summed E-state index contributed by atoms with van der Waals surface area (Å²) in [4.78, 5) is 2.63. The first-order valence-electron chi connectivity index (χ1n) is 7.36. The van der Waals surface area contributed by atoms with E-state index in [1.807, 2.05) is 0 Å². The van der Waals surface area contributed by atoms with Crippen molar-refractivity contribution < 1.29 is 0 Å². The maximum atomic E-state index is 6.13. The second-order valence-electron chi connectivity index (χ2n) is 7.06. The molecular formula is C15H30N2. The number of rotatable bonds is 4. The molecule has 1 unspecified atom stereocenters. The van der Waals surface area contributed by atoms with Crippen LogP contribution >= 0.6 is 0 Å². The van der Waals surface area contributed by atoms with E-state index < -0.39 is 0 Å². The molecule has 2 aliphatic carbocycles. The van der Waals surface area contributed by atoms with Crippen LogP contribution in [0.5, 0.6) is 0 Å². The minimum Gasteiger partial charge on any atom is -0.329 e. The van der Waals surface area contributed by atoms with E-state index in [2.05, 4.69) is 32.7 Å². The van der Waals surface area contributed by atoms with Crippen LogP contribution in [0.25, 0.3) is 0 Å². The zero-order valence-electron chi connectivity index (χ0n) is 12.1. The smallest absolute Gasteiger partial charge is 0.0356 e. The van der Waals surface area contributed by atoms with Gasteiger partial charge in [-0.1, -0.05) is 13.8 Å². The summed E-state index contributed by atoms with van der Waals surface area (Å²) in [7, 11) is 2.32. The molecule has 2 nitrogen and oxygen atoms in total. The standard InChI is InChI=1S/C15H30N2/c1-12-5-7-13(8-6-12)17(4)15(3,11-16)14(2)9-10-14/h12-13H,5-11,16H2,1-4H3. The third kappa shape index (κ3) is 2.26. The number of likely N-dealkylation sites (N-methyl/N-ethyl adjacent to an activating group) is 1. The van der Waals surface area contributed by atoms with Gasteiger partial charge in [0.2, 0.25) is 0 Å². The molecule has 2 fully saturated rings. The predicted molar refractivity (Wildman–Crippen MR) is 74.0 cm³/mol. The largest absolute Gasteiger partial charge is 0.329 e. The average Bonchev–Trinajstić information content (AvgIpc) is 3.08. The Labute approximate surface area is 107 Å². The first-order chi connectivity index (χ1) is 7.93. The molecule has 2 aliphatic rings.